The highest BCUT2D eigenvalue weighted by atomic mass is 15.1. The van der Waals surface area contributed by atoms with Crippen LogP contribution in [0.2, 0.25) is 0 Å². The number of aromatic nitrogens is 1. The quantitative estimate of drug-likeness (QED) is 0.809. The van der Waals surface area contributed by atoms with E-state index in [1.54, 1.807) is 0 Å². The van der Waals surface area contributed by atoms with Crippen molar-refractivity contribution in [1.82, 2.24) is 9.47 Å². The van der Waals surface area contributed by atoms with E-state index in [0.29, 0.717) is 0 Å². The van der Waals surface area contributed by atoms with E-state index in [0.717, 1.165) is 6.54 Å². The maximum absolute atomic E-state index is 2.61. The Balaban J connectivity index is 1.74. The summed E-state index contributed by atoms with van der Waals surface area (Å²) < 4.78 is 2.41. The van der Waals surface area contributed by atoms with Gasteiger partial charge in [-0.1, -0.05) is 33.3 Å². The number of benzene rings is 1. The molecule has 1 aromatic heterocycles. The highest BCUT2D eigenvalue weighted by molar-refractivity contribution is 5.81. The number of hydrogen-bond acceptors (Lipinski definition) is 1. The second kappa shape index (κ2) is 5.84. The summed E-state index contributed by atoms with van der Waals surface area (Å²) in [5.74, 6) is 0. The van der Waals surface area contributed by atoms with Gasteiger partial charge in [0.1, 0.15) is 0 Å². The molecule has 1 saturated heterocycles. The van der Waals surface area contributed by atoms with Gasteiger partial charge in [-0.3, -0.25) is 0 Å². The molecular weight excluding hydrogens is 256 g/mol. The lowest BCUT2D eigenvalue weighted by atomic mass is 9.86. The van der Waals surface area contributed by atoms with Gasteiger partial charge in [-0.15, -0.1) is 0 Å². The monoisotopic (exact) mass is 284 g/mol. The standard InChI is InChI=1S/C19H28N2/c1-19(2,3)17-7-8-18-16(15-17)9-12-21(18)14-13-20-10-5-4-6-11-20/h7-9,12,15H,4-6,10-11,13-14H2,1-3H3. The van der Waals surface area contributed by atoms with E-state index in [2.05, 4.69) is 60.7 Å². The van der Waals surface area contributed by atoms with Gasteiger partial charge in [0, 0.05) is 24.8 Å². The molecular formula is C19H28N2. The minimum absolute atomic E-state index is 0.226. The smallest absolute Gasteiger partial charge is 0.0480 e. The number of piperidine rings is 1. The summed E-state index contributed by atoms with van der Waals surface area (Å²) >= 11 is 0. The first-order valence-corrected chi connectivity index (χ1v) is 8.36. The summed E-state index contributed by atoms with van der Waals surface area (Å²) in [5.41, 5.74) is 3.02. The molecule has 2 heteroatoms. The van der Waals surface area contributed by atoms with Gasteiger partial charge < -0.3 is 9.47 Å². The van der Waals surface area contributed by atoms with E-state index in [9.17, 15) is 0 Å². The van der Waals surface area contributed by atoms with Gasteiger partial charge in [-0.05, 0) is 60.5 Å². The molecule has 1 fully saturated rings. The van der Waals surface area contributed by atoms with Crippen LogP contribution in [-0.2, 0) is 12.0 Å². The summed E-state index contributed by atoms with van der Waals surface area (Å²) in [7, 11) is 0. The average molecular weight is 284 g/mol. The highest BCUT2D eigenvalue weighted by Crippen LogP contribution is 2.26. The van der Waals surface area contributed by atoms with Crippen molar-refractivity contribution < 1.29 is 0 Å². The van der Waals surface area contributed by atoms with Gasteiger partial charge >= 0.3 is 0 Å². The Morgan fingerprint density at radius 2 is 1.71 bits per heavy atom. The lowest BCUT2D eigenvalue weighted by molar-refractivity contribution is 0.221. The van der Waals surface area contributed by atoms with Crippen molar-refractivity contribution in [3.05, 3.63) is 36.0 Å². The summed E-state index contributed by atoms with van der Waals surface area (Å²) in [6, 6.07) is 9.21. The summed E-state index contributed by atoms with van der Waals surface area (Å²) in [6.07, 6.45) is 6.42. The Morgan fingerprint density at radius 1 is 0.952 bits per heavy atom. The zero-order valence-corrected chi connectivity index (χ0v) is 13.7. The fraction of sp³-hybridized carbons (Fsp3) is 0.579. The van der Waals surface area contributed by atoms with Crippen LogP contribution in [0.3, 0.4) is 0 Å². The first-order valence-electron chi connectivity index (χ1n) is 8.36. The van der Waals surface area contributed by atoms with Gasteiger partial charge in [0.25, 0.3) is 0 Å². The predicted molar refractivity (Wildman–Crippen MR) is 90.9 cm³/mol. The Bertz CT molecular complexity index is 598. The molecule has 0 atom stereocenters. The molecule has 2 nitrogen and oxygen atoms in total. The molecule has 0 N–H and O–H groups in total. The zero-order chi connectivity index (χ0) is 14.9. The third-order valence-electron chi connectivity index (χ3n) is 4.74. The molecule has 21 heavy (non-hydrogen) atoms. The molecule has 0 saturated carbocycles. The Hall–Kier alpha value is -1.28. The van der Waals surface area contributed by atoms with Crippen molar-refractivity contribution in [1.29, 1.82) is 0 Å². The lowest BCUT2D eigenvalue weighted by Gasteiger charge is -2.26. The van der Waals surface area contributed by atoms with Crippen LogP contribution in [0, 0.1) is 0 Å². The van der Waals surface area contributed by atoms with Crippen molar-refractivity contribution in [2.75, 3.05) is 19.6 Å². The van der Waals surface area contributed by atoms with E-state index in [1.165, 1.54) is 55.4 Å². The third-order valence-corrected chi connectivity index (χ3v) is 4.74. The molecule has 1 aromatic carbocycles. The average Bonchev–Trinajstić information content (AvgIpc) is 2.87. The molecule has 2 heterocycles. The van der Waals surface area contributed by atoms with Gasteiger partial charge in [0.15, 0.2) is 0 Å². The second-order valence-electron chi connectivity index (χ2n) is 7.44. The summed E-state index contributed by atoms with van der Waals surface area (Å²) in [4.78, 5) is 2.61. The van der Waals surface area contributed by atoms with Crippen LogP contribution in [0.15, 0.2) is 30.5 Å². The first kappa shape index (κ1) is 14.6. The van der Waals surface area contributed by atoms with Crippen molar-refractivity contribution in [3.8, 4) is 0 Å². The Kier molecular flexibility index (Phi) is 4.08. The number of fused-ring (bicyclic) bond motifs is 1. The Labute approximate surface area is 128 Å². The van der Waals surface area contributed by atoms with Crippen molar-refractivity contribution >= 4 is 10.9 Å². The van der Waals surface area contributed by atoms with E-state index in [4.69, 9.17) is 0 Å². The molecule has 0 aliphatic carbocycles. The fourth-order valence-corrected chi connectivity index (χ4v) is 3.29. The van der Waals surface area contributed by atoms with Crippen LogP contribution in [-0.4, -0.2) is 29.1 Å². The maximum Gasteiger partial charge on any atom is 0.0480 e. The molecule has 3 rings (SSSR count). The van der Waals surface area contributed by atoms with E-state index >= 15 is 0 Å². The second-order valence-corrected chi connectivity index (χ2v) is 7.44. The van der Waals surface area contributed by atoms with Crippen LogP contribution in [0.25, 0.3) is 10.9 Å². The van der Waals surface area contributed by atoms with E-state index in [1.807, 2.05) is 0 Å². The maximum atomic E-state index is 2.61. The van der Waals surface area contributed by atoms with Crippen LogP contribution in [0.4, 0.5) is 0 Å². The minimum atomic E-state index is 0.226. The number of nitrogens with zero attached hydrogens (tertiary/aromatic N) is 2. The lowest BCUT2D eigenvalue weighted by Crippen LogP contribution is -2.32. The van der Waals surface area contributed by atoms with Gasteiger partial charge in [-0.25, -0.2) is 0 Å². The van der Waals surface area contributed by atoms with Gasteiger partial charge in [0.2, 0.25) is 0 Å². The van der Waals surface area contributed by atoms with Crippen LogP contribution in [0.1, 0.15) is 45.6 Å². The summed E-state index contributed by atoms with van der Waals surface area (Å²) in [6.45, 7) is 11.7. The van der Waals surface area contributed by atoms with Gasteiger partial charge in [0.05, 0.1) is 0 Å². The van der Waals surface area contributed by atoms with Crippen molar-refractivity contribution in [2.45, 2.75) is 52.0 Å². The minimum Gasteiger partial charge on any atom is -0.346 e. The van der Waals surface area contributed by atoms with E-state index in [-0.39, 0.29) is 5.41 Å². The number of rotatable bonds is 3. The fourth-order valence-electron chi connectivity index (χ4n) is 3.29. The Morgan fingerprint density at radius 3 is 2.43 bits per heavy atom. The molecule has 1 aliphatic rings. The number of likely N-dealkylation sites (tertiary alicyclic amines) is 1. The molecule has 0 radical (unpaired) electrons. The third kappa shape index (κ3) is 3.32. The van der Waals surface area contributed by atoms with Crippen LogP contribution in [0.5, 0.6) is 0 Å². The molecule has 0 bridgehead atoms. The van der Waals surface area contributed by atoms with Gasteiger partial charge in [-0.2, -0.15) is 0 Å². The largest absolute Gasteiger partial charge is 0.346 e. The normalized spacial score (nSPS) is 17.5. The predicted octanol–water partition coefficient (Wildman–Crippen LogP) is 4.42. The first-order chi connectivity index (χ1) is 10.0. The molecule has 0 spiro atoms. The molecule has 114 valence electrons. The van der Waals surface area contributed by atoms with Crippen LogP contribution < -0.4 is 0 Å². The highest BCUT2D eigenvalue weighted by Gasteiger charge is 2.15. The van der Waals surface area contributed by atoms with Crippen LogP contribution >= 0.6 is 0 Å². The molecule has 0 unspecified atom stereocenters. The topological polar surface area (TPSA) is 8.17 Å². The van der Waals surface area contributed by atoms with E-state index < -0.39 is 0 Å². The van der Waals surface area contributed by atoms with Crippen molar-refractivity contribution in [2.24, 2.45) is 0 Å². The molecule has 1 aliphatic heterocycles. The SMILES string of the molecule is CC(C)(C)c1ccc2c(ccn2CCN2CCCCC2)c1. The number of hydrogen-bond donors (Lipinski definition) is 0. The molecule has 2 aromatic rings. The summed E-state index contributed by atoms with van der Waals surface area (Å²) in [5, 5.41) is 1.38. The zero-order valence-electron chi connectivity index (χ0n) is 13.7. The van der Waals surface area contributed by atoms with Crippen molar-refractivity contribution in [3.63, 3.8) is 0 Å². The molecule has 0 amide bonds.